The van der Waals surface area contributed by atoms with E-state index in [-0.39, 0.29) is 23.0 Å². The summed E-state index contributed by atoms with van der Waals surface area (Å²) in [6.45, 7) is 9.87. The Morgan fingerprint density at radius 1 is 1.14 bits per heavy atom. The number of ether oxygens (including phenoxy) is 1. The van der Waals surface area contributed by atoms with Crippen LogP contribution in [0.3, 0.4) is 0 Å². The zero-order valence-electron chi connectivity index (χ0n) is 24.7. The second kappa shape index (κ2) is 12.0. The van der Waals surface area contributed by atoms with Crippen LogP contribution in [0.2, 0.25) is 0 Å². The van der Waals surface area contributed by atoms with Crippen LogP contribution in [0.4, 0.5) is 36.2 Å². The van der Waals surface area contributed by atoms with E-state index in [9.17, 15) is 22.8 Å². The highest BCUT2D eigenvalue weighted by Gasteiger charge is 2.32. The number of pyridine rings is 1. The minimum atomic E-state index is -4.75. The fourth-order valence-corrected chi connectivity index (χ4v) is 5.12. The number of hydrogen-bond donors (Lipinski definition) is 2. The van der Waals surface area contributed by atoms with E-state index in [1.165, 1.54) is 18.3 Å². The molecule has 0 radical (unpaired) electrons. The molecule has 0 saturated carbocycles. The van der Waals surface area contributed by atoms with Crippen LogP contribution in [-0.4, -0.2) is 65.2 Å². The molecule has 0 bridgehead atoms. The molecule has 230 valence electrons. The first kappa shape index (κ1) is 30.5. The number of carbonyl (C=O) groups is 1. The molecule has 5 rings (SSSR count). The number of alkyl halides is 3. The summed E-state index contributed by atoms with van der Waals surface area (Å²) in [5.41, 5.74) is 0.228. The van der Waals surface area contributed by atoms with Crippen LogP contribution in [0.1, 0.15) is 18.1 Å². The molecule has 1 fully saturated rings. The molecule has 1 amide bonds. The van der Waals surface area contributed by atoms with Gasteiger partial charge in [0, 0.05) is 60.8 Å². The fourth-order valence-electron chi connectivity index (χ4n) is 5.12. The SMILES string of the molecule is C=CC(=O)Nc1cc(-n2c(=O)cc(C)c3cnc(Nc4ccc(N5CCN(C)C(C)C5)cc4OC)nc32)cc(C(F)(F)F)c1. The van der Waals surface area contributed by atoms with Gasteiger partial charge in [-0.05, 0) is 62.9 Å². The van der Waals surface area contributed by atoms with Gasteiger partial charge in [-0.15, -0.1) is 0 Å². The highest BCUT2D eigenvalue weighted by atomic mass is 19.4. The van der Waals surface area contributed by atoms with Crippen LogP contribution >= 0.6 is 0 Å². The Labute approximate surface area is 251 Å². The number of likely N-dealkylation sites (N-methyl/N-ethyl adjacent to an activating group) is 1. The summed E-state index contributed by atoms with van der Waals surface area (Å²) in [5.74, 6) is -0.0603. The summed E-state index contributed by atoms with van der Waals surface area (Å²) >= 11 is 0. The predicted octanol–water partition coefficient (Wildman–Crippen LogP) is 5.12. The number of nitrogens with zero attached hydrogens (tertiary/aromatic N) is 5. The van der Waals surface area contributed by atoms with Gasteiger partial charge in [-0.25, -0.2) is 4.98 Å². The summed E-state index contributed by atoms with van der Waals surface area (Å²) in [6.07, 6.45) is -2.32. The number of anilines is 4. The van der Waals surface area contributed by atoms with Crippen LogP contribution in [0.15, 0.2) is 66.1 Å². The van der Waals surface area contributed by atoms with Crippen molar-refractivity contribution in [2.75, 3.05) is 49.3 Å². The van der Waals surface area contributed by atoms with Gasteiger partial charge in [0.05, 0.1) is 24.0 Å². The molecular weight excluding hydrogens is 575 g/mol. The van der Waals surface area contributed by atoms with Gasteiger partial charge in [0.2, 0.25) is 11.9 Å². The molecule has 4 aromatic rings. The minimum absolute atomic E-state index is 0.0785. The van der Waals surface area contributed by atoms with Crippen molar-refractivity contribution in [3.8, 4) is 11.4 Å². The molecule has 1 aliphatic rings. The Balaban J connectivity index is 1.57. The van der Waals surface area contributed by atoms with E-state index in [2.05, 4.69) is 51.0 Å². The number of piperazine rings is 1. The number of aromatic nitrogens is 3. The molecule has 10 nitrogen and oxygen atoms in total. The third kappa shape index (κ3) is 6.23. The zero-order chi connectivity index (χ0) is 31.8. The topological polar surface area (TPSA) is 105 Å². The monoisotopic (exact) mass is 607 g/mol. The molecule has 2 aromatic carbocycles. The van der Waals surface area contributed by atoms with Gasteiger partial charge in [0.15, 0.2) is 5.65 Å². The normalized spacial score (nSPS) is 15.7. The van der Waals surface area contributed by atoms with Crippen LogP contribution < -0.4 is 25.8 Å². The minimum Gasteiger partial charge on any atom is -0.494 e. The third-order valence-corrected chi connectivity index (χ3v) is 7.68. The Morgan fingerprint density at radius 3 is 2.59 bits per heavy atom. The van der Waals surface area contributed by atoms with Gasteiger partial charge in [-0.3, -0.25) is 14.2 Å². The number of amides is 1. The lowest BCUT2D eigenvalue weighted by molar-refractivity contribution is -0.137. The first-order chi connectivity index (χ1) is 20.9. The zero-order valence-corrected chi connectivity index (χ0v) is 24.7. The maximum atomic E-state index is 13.8. The summed E-state index contributed by atoms with van der Waals surface area (Å²) in [6, 6.07) is 10.3. The summed E-state index contributed by atoms with van der Waals surface area (Å²) in [7, 11) is 3.66. The van der Waals surface area contributed by atoms with Gasteiger partial charge in [0.1, 0.15) is 5.75 Å². The van der Waals surface area contributed by atoms with Crippen molar-refractivity contribution in [2.24, 2.45) is 0 Å². The van der Waals surface area contributed by atoms with Crippen LogP contribution in [0.5, 0.6) is 5.75 Å². The average molecular weight is 608 g/mol. The number of methoxy groups -OCH3 is 1. The van der Waals surface area contributed by atoms with Crippen LogP contribution in [0, 0.1) is 6.92 Å². The first-order valence-corrected chi connectivity index (χ1v) is 13.8. The van der Waals surface area contributed by atoms with Gasteiger partial charge in [-0.2, -0.15) is 18.2 Å². The number of nitrogens with one attached hydrogen (secondary N) is 2. The molecule has 0 aliphatic carbocycles. The summed E-state index contributed by atoms with van der Waals surface area (Å²) in [4.78, 5) is 38.7. The van der Waals surface area contributed by atoms with Crippen molar-refractivity contribution < 1.29 is 22.7 Å². The number of halogens is 3. The molecule has 1 unspecified atom stereocenters. The number of aryl methyl sites for hydroxylation is 1. The third-order valence-electron chi connectivity index (χ3n) is 7.68. The Hall–Kier alpha value is -4.91. The Morgan fingerprint density at radius 2 is 1.91 bits per heavy atom. The van der Waals surface area contributed by atoms with Crippen molar-refractivity contribution in [3.63, 3.8) is 0 Å². The number of rotatable bonds is 7. The lowest BCUT2D eigenvalue weighted by atomic mass is 10.1. The van der Waals surface area contributed by atoms with E-state index in [4.69, 9.17) is 4.74 Å². The molecule has 2 N–H and O–H groups in total. The smallest absolute Gasteiger partial charge is 0.416 e. The highest BCUT2D eigenvalue weighted by molar-refractivity contribution is 5.99. The van der Waals surface area contributed by atoms with E-state index >= 15 is 0 Å². The van der Waals surface area contributed by atoms with E-state index in [1.807, 2.05) is 18.2 Å². The van der Waals surface area contributed by atoms with Crippen LogP contribution in [0.25, 0.3) is 16.7 Å². The maximum Gasteiger partial charge on any atom is 0.416 e. The Kier molecular flexibility index (Phi) is 8.33. The molecular formula is C31H32F3N7O3. The summed E-state index contributed by atoms with van der Waals surface area (Å²) in [5, 5.41) is 5.92. The second-order valence-corrected chi connectivity index (χ2v) is 10.7. The molecule has 1 aliphatic heterocycles. The number of hydrogen-bond acceptors (Lipinski definition) is 8. The first-order valence-electron chi connectivity index (χ1n) is 13.8. The van der Waals surface area contributed by atoms with Crippen molar-refractivity contribution in [1.29, 1.82) is 0 Å². The quantitative estimate of drug-likeness (QED) is 0.279. The molecule has 13 heteroatoms. The lowest BCUT2D eigenvalue weighted by Gasteiger charge is -2.39. The van der Waals surface area contributed by atoms with Gasteiger partial charge >= 0.3 is 6.18 Å². The van der Waals surface area contributed by atoms with Crippen LogP contribution in [-0.2, 0) is 11.0 Å². The molecule has 1 atom stereocenters. The van der Waals surface area contributed by atoms with E-state index < -0.39 is 23.2 Å². The van der Waals surface area contributed by atoms with Crippen molar-refractivity contribution in [1.82, 2.24) is 19.4 Å². The van der Waals surface area contributed by atoms with Gasteiger partial charge in [0.25, 0.3) is 5.56 Å². The molecule has 2 aromatic heterocycles. The van der Waals surface area contributed by atoms with E-state index in [0.717, 1.165) is 48.1 Å². The lowest BCUT2D eigenvalue weighted by Crippen LogP contribution is -2.50. The van der Waals surface area contributed by atoms with E-state index in [0.29, 0.717) is 28.4 Å². The van der Waals surface area contributed by atoms with Gasteiger partial charge < -0.3 is 25.2 Å². The highest BCUT2D eigenvalue weighted by Crippen LogP contribution is 2.35. The van der Waals surface area contributed by atoms with Crippen molar-refractivity contribution >= 4 is 40.0 Å². The number of carbonyl (C=O) groups excluding carboxylic acids is 1. The standard InChI is InChI=1S/C31H32F3N7O3/c1-6-27(42)36-21-12-20(31(32,33)34)13-23(14-21)41-28(43)11-18(2)24-16-35-30(38-29(24)41)37-25-8-7-22(15-26(25)44-5)40-10-9-39(4)19(3)17-40/h6-8,11-16,19H,1,9-10,17H2,2-5H3,(H,36,42)(H,35,37,38). The predicted molar refractivity (Wildman–Crippen MR) is 164 cm³/mol. The molecule has 0 spiro atoms. The van der Waals surface area contributed by atoms with E-state index in [1.54, 1.807) is 14.0 Å². The average Bonchev–Trinajstić information content (AvgIpc) is 2.98. The maximum absolute atomic E-state index is 13.8. The molecule has 44 heavy (non-hydrogen) atoms. The van der Waals surface area contributed by atoms with Crippen molar-refractivity contribution in [3.05, 3.63) is 82.8 Å². The second-order valence-electron chi connectivity index (χ2n) is 10.7. The summed E-state index contributed by atoms with van der Waals surface area (Å²) < 4.78 is 48.3. The molecule has 1 saturated heterocycles. The van der Waals surface area contributed by atoms with Gasteiger partial charge in [-0.1, -0.05) is 6.58 Å². The Bertz CT molecular complexity index is 1810. The number of benzene rings is 2. The fraction of sp³-hybridized carbons (Fsp3) is 0.290. The van der Waals surface area contributed by atoms with Crippen molar-refractivity contribution in [2.45, 2.75) is 26.1 Å². The largest absolute Gasteiger partial charge is 0.494 e. The molecule has 3 heterocycles. The number of fused-ring (bicyclic) bond motifs is 1.